The number of likely N-dealkylation sites (N-methyl/N-ethyl adjacent to an activating group) is 1. The summed E-state index contributed by atoms with van der Waals surface area (Å²) in [6.07, 6.45) is 2.40. The van der Waals surface area contributed by atoms with E-state index in [-0.39, 0.29) is 17.9 Å². The van der Waals surface area contributed by atoms with E-state index in [1.807, 2.05) is 44.2 Å². The first-order valence-electron chi connectivity index (χ1n) is 8.49. The van der Waals surface area contributed by atoms with Crippen LogP contribution in [0.1, 0.15) is 44.7 Å². The predicted octanol–water partition coefficient (Wildman–Crippen LogP) is 1.85. The molecule has 0 saturated carbocycles. The average molecular weight is 317 g/mol. The largest absolute Gasteiger partial charge is 0.352 e. The molecule has 0 aliphatic carbocycles. The lowest BCUT2D eigenvalue weighted by molar-refractivity contribution is -0.142. The highest BCUT2D eigenvalue weighted by Crippen LogP contribution is 2.25. The van der Waals surface area contributed by atoms with E-state index < -0.39 is 6.04 Å². The molecule has 2 amide bonds. The summed E-state index contributed by atoms with van der Waals surface area (Å²) in [6, 6.07) is 9.25. The van der Waals surface area contributed by atoms with Gasteiger partial charge in [-0.25, -0.2) is 0 Å². The number of rotatable bonds is 7. The molecule has 0 bridgehead atoms. The molecule has 23 heavy (non-hydrogen) atoms. The van der Waals surface area contributed by atoms with Crippen molar-refractivity contribution >= 4 is 11.8 Å². The third-order valence-corrected chi connectivity index (χ3v) is 4.17. The van der Waals surface area contributed by atoms with E-state index in [0.717, 1.165) is 24.9 Å². The van der Waals surface area contributed by atoms with Crippen molar-refractivity contribution in [1.82, 2.24) is 15.5 Å². The van der Waals surface area contributed by atoms with Crippen LogP contribution in [0.2, 0.25) is 0 Å². The number of nitrogens with one attached hydrogen (secondary N) is 2. The highest BCUT2D eigenvalue weighted by molar-refractivity contribution is 5.89. The van der Waals surface area contributed by atoms with Crippen LogP contribution in [-0.2, 0) is 9.59 Å². The van der Waals surface area contributed by atoms with E-state index in [1.54, 1.807) is 4.90 Å². The van der Waals surface area contributed by atoms with Crippen molar-refractivity contribution < 1.29 is 9.59 Å². The first kappa shape index (κ1) is 17.5. The molecule has 5 heteroatoms. The van der Waals surface area contributed by atoms with Crippen molar-refractivity contribution in [3.63, 3.8) is 0 Å². The summed E-state index contributed by atoms with van der Waals surface area (Å²) in [7, 11) is 0. The Kier molecular flexibility index (Phi) is 6.59. The zero-order valence-corrected chi connectivity index (χ0v) is 14.0. The number of likely N-dealkylation sites (tertiary alicyclic amines) is 1. The predicted molar refractivity (Wildman–Crippen MR) is 90.9 cm³/mol. The minimum Gasteiger partial charge on any atom is -0.352 e. The Balaban J connectivity index is 2.13. The number of benzene rings is 1. The van der Waals surface area contributed by atoms with Crippen LogP contribution in [-0.4, -0.2) is 42.4 Å². The smallest absolute Gasteiger partial charge is 0.247 e. The van der Waals surface area contributed by atoms with E-state index in [2.05, 4.69) is 10.6 Å². The number of nitrogens with zero attached hydrogens (tertiary/aromatic N) is 1. The molecule has 2 N–H and O–H groups in total. The van der Waals surface area contributed by atoms with Gasteiger partial charge in [0, 0.05) is 25.6 Å². The monoisotopic (exact) mass is 317 g/mol. The first-order valence-corrected chi connectivity index (χ1v) is 8.49. The zero-order chi connectivity index (χ0) is 16.7. The average Bonchev–Trinajstić information content (AvgIpc) is 2.56. The van der Waals surface area contributed by atoms with Crippen molar-refractivity contribution in [1.29, 1.82) is 0 Å². The molecule has 0 spiro atoms. The summed E-state index contributed by atoms with van der Waals surface area (Å²) in [5.74, 6) is -0.0313. The highest BCUT2D eigenvalue weighted by Gasteiger charge is 2.32. The van der Waals surface area contributed by atoms with Crippen LogP contribution in [0.4, 0.5) is 0 Å². The molecule has 1 fully saturated rings. The Morgan fingerprint density at radius 1 is 1.26 bits per heavy atom. The maximum atomic E-state index is 12.8. The van der Waals surface area contributed by atoms with Crippen LogP contribution >= 0.6 is 0 Å². The van der Waals surface area contributed by atoms with Gasteiger partial charge in [-0.1, -0.05) is 37.3 Å². The third-order valence-electron chi connectivity index (χ3n) is 4.17. The lowest BCUT2D eigenvalue weighted by Crippen LogP contribution is -2.48. The standard InChI is InChI=1S/C18H27N3O2/c1-3-19-14(2)13-20-18(23)17(15-9-5-4-6-10-15)21-12-8-7-11-16(21)22/h4-6,9-10,14,17,19H,3,7-8,11-13H2,1-2H3,(H,20,23)/t14-,17?/m1/s1. The van der Waals surface area contributed by atoms with Gasteiger partial charge in [0.25, 0.3) is 0 Å². The molecule has 2 atom stereocenters. The molecular weight excluding hydrogens is 290 g/mol. The summed E-state index contributed by atoms with van der Waals surface area (Å²) in [4.78, 5) is 26.8. The van der Waals surface area contributed by atoms with Crippen molar-refractivity contribution in [2.45, 2.75) is 45.2 Å². The Labute approximate surface area is 138 Å². The molecule has 0 aromatic heterocycles. The molecule has 1 aromatic rings. The van der Waals surface area contributed by atoms with Crippen molar-refractivity contribution in [3.8, 4) is 0 Å². The van der Waals surface area contributed by atoms with Crippen LogP contribution in [0.25, 0.3) is 0 Å². The summed E-state index contributed by atoms with van der Waals surface area (Å²) in [6.45, 7) is 6.14. The van der Waals surface area contributed by atoms with E-state index in [4.69, 9.17) is 0 Å². The number of carbonyl (C=O) groups is 2. The third kappa shape index (κ3) is 4.79. The molecule has 5 nitrogen and oxygen atoms in total. The first-order chi connectivity index (χ1) is 11.1. The molecule has 1 aromatic carbocycles. The Morgan fingerprint density at radius 2 is 2.00 bits per heavy atom. The molecule has 1 unspecified atom stereocenters. The summed E-state index contributed by atoms with van der Waals surface area (Å²) < 4.78 is 0. The molecule has 0 radical (unpaired) electrons. The Morgan fingerprint density at radius 3 is 2.65 bits per heavy atom. The van der Waals surface area contributed by atoms with Gasteiger partial charge in [0.2, 0.25) is 11.8 Å². The van der Waals surface area contributed by atoms with Gasteiger partial charge < -0.3 is 15.5 Å². The molecule has 1 aliphatic rings. The molecular formula is C18H27N3O2. The second-order valence-corrected chi connectivity index (χ2v) is 6.06. The molecule has 126 valence electrons. The fourth-order valence-corrected chi connectivity index (χ4v) is 2.98. The lowest BCUT2D eigenvalue weighted by atomic mass is 10.0. The number of hydrogen-bond donors (Lipinski definition) is 2. The fourth-order valence-electron chi connectivity index (χ4n) is 2.98. The van der Waals surface area contributed by atoms with Crippen molar-refractivity contribution in [2.24, 2.45) is 0 Å². The summed E-state index contributed by atoms with van der Waals surface area (Å²) >= 11 is 0. The van der Waals surface area contributed by atoms with Crippen LogP contribution in [0.5, 0.6) is 0 Å². The van der Waals surface area contributed by atoms with E-state index in [9.17, 15) is 9.59 Å². The number of hydrogen-bond acceptors (Lipinski definition) is 3. The van der Waals surface area contributed by atoms with Gasteiger partial charge in [-0.3, -0.25) is 9.59 Å². The second-order valence-electron chi connectivity index (χ2n) is 6.06. The summed E-state index contributed by atoms with van der Waals surface area (Å²) in [5, 5.41) is 6.26. The topological polar surface area (TPSA) is 61.4 Å². The number of amides is 2. The van der Waals surface area contributed by atoms with Crippen LogP contribution in [0.3, 0.4) is 0 Å². The quantitative estimate of drug-likeness (QED) is 0.807. The van der Waals surface area contributed by atoms with Gasteiger partial charge in [-0.2, -0.15) is 0 Å². The van der Waals surface area contributed by atoms with Gasteiger partial charge in [0.05, 0.1) is 0 Å². The molecule has 1 saturated heterocycles. The normalized spacial score (nSPS) is 17.7. The highest BCUT2D eigenvalue weighted by atomic mass is 16.2. The van der Waals surface area contributed by atoms with E-state index in [0.29, 0.717) is 19.5 Å². The molecule has 1 heterocycles. The minimum atomic E-state index is -0.530. The van der Waals surface area contributed by atoms with Gasteiger partial charge in [0.1, 0.15) is 6.04 Å². The maximum Gasteiger partial charge on any atom is 0.247 e. The maximum absolute atomic E-state index is 12.8. The summed E-state index contributed by atoms with van der Waals surface area (Å²) in [5.41, 5.74) is 0.872. The Hall–Kier alpha value is -1.88. The Bertz CT molecular complexity index is 518. The fraction of sp³-hybridized carbons (Fsp3) is 0.556. The SMILES string of the molecule is CCN[C@H](C)CNC(=O)C(c1ccccc1)N1CCCCC1=O. The van der Waals surface area contributed by atoms with E-state index >= 15 is 0 Å². The minimum absolute atomic E-state index is 0.0694. The van der Waals surface area contributed by atoms with E-state index in [1.165, 1.54) is 0 Å². The lowest BCUT2D eigenvalue weighted by Gasteiger charge is -2.34. The second kappa shape index (κ2) is 8.67. The van der Waals surface area contributed by atoms with Gasteiger partial charge in [0.15, 0.2) is 0 Å². The van der Waals surface area contributed by atoms with Gasteiger partial charge in [-0.05, 0) is 31.9 Å². The van der Waals surface area contributed by atoms with Crippen LogP contribution in [0.15, 0.2) is 30.3 Å². The van der Waals surface area contributed by atoms with Crippen molar-refractivity contribution in [2.75, 3.05) is 19.6 Å². The van der Waals surface area contributed by atoms with Crippen molar-refractivity contribution in [3.05, 3.63) is 35.9 Å². The molecule has 1 aliphatic heterocycles. The zero-order valence-electron chi connectivity index (χ0n) is 14.0. The van der Waals surface area contributed by atoms with Crippen LogP contribution in [0, 0.1) is 0 Å². The molecule has 2 rings (SSSR count). The number of piperidine rings is 1. The van der Waals surface area contributed by atoms with Gasteiger partial charge in [-0.15, -0.1) is 0 Å². The van der Waals surface area contributed by atoms with Gasteiger partial charge >= 0.3 is 0 Å². The number of carbonyl (C=O) groups excluding carboxylic acids is 2. The van der Waals surface area contributed by atoms with Crippen LogP contribution < -0.4 is 10.6 Å².